The number of ether oxygens (including phenoxy) is 2. The average molecular weight is 632 g/mol. The van der Waals surface area contributed by atoms with E-state index in [4.69, 9.17) is 33.0 Å². The maximum Gasteiger partial charge on any atom is 0.387 e. The van der Waals surface area contributed by atoms with Crippen LogP contribution < -0.4 is 14.8 Å². The van der Waals surface area contributed by atoms with Gasteiger partial charge in [-0.05, 0) is 43.4 Å². The highest BCUT2D eigenvalue weighted by Gasteiger charge is 2.24. The number of benzene rings is 1. The number of unbranched alkanes of at least 4 members (excludes halogenated alkanes) is 10. The van der Waals surface area contributed by atoms with Crippen molar-refractivity contribution in [2.24, 2.45) is 5.92 Å². The van der Waals surface area contributed by atoms with E-state index < -0.39 is 18.5 Å². The van der Waals surface area contributed by atoms with Crippen molar-refractivity contribution in [3.05, 3.63) is 46.2 Å². The van der Waals surface area contributed by atoms with Gasteiger partial charge in [0.05, 0.1) is 22.3 Å². The summed E-state index contributed by atoms with van der Waals surface area (Å²) in [5.41, 5.74) is 0.392. The molecule has 3 rings (SSSR count). The minimum absolute atomic E-state index is 0.0803. The van der Waals surface area contributed by atoms with Crippen LogP contribution in [0.1, 0.15) is 107 Å². The van der Waals surface area contributed by atoms with E-state index in [0.29, 0.717) is 18.9 Å². The van der Waals surface area contributed by atoms with Crippen molar-refractivity contribution < 1.29 is 33.0 Å². The molecule has 0 atom stereocenters. The summed E-state index contributed by atoms with van der Waals surface area (Å²) in [4.78, 5) is 26.5. The topological polar surface area (TPSA) is 97.8 Å². The Labute approximate surface area is 257 Å². The molecule has 1 aromatic carbocycles. The van der Waals surface area contributed by atoms with Crippen LogP contribution in [0, 0.1) is 5.92 Å². The lowest BCUT2D eigenvalue weighted by molar-refractivity contribution is -0.137. The molecule has 0 bridgehead atoms. The van der Waals surface area contributed by atoms with Crippen LogP contribution in [0.25, 0.3) is 0 Å². The number of aromatic nitrogens is 1. The fourth-order valence-corrected chi connectivity index (χ4v) is 4.56. The molecule has 0 spiro atoms. The summed E-state index contributed by atoms with van der Waals surface area (Å²) in [6.45, 7) is -0.364. The minimum atomic E-state index is -2.99. The van der Waals surface area contributed by atoms with E-state index in [0.717, 1.165) is 25.7 Å². The molecule has 1 aliphatic carbocycles. The summed E-state index contributed by atoms with van der Waals surface area (Å²) in [6, 6.07) is 3.96. The number of carboxylic acid groups (broad SMARTS) is 1. The van der Waals surface area contributed by atoms with Gasteiger partial charge < -0.3 is 19.9 Å². The van der Waals surface area contributed by atoms with Gasteiger partial charge >= 0.3 is 12.6 Å². The summed E-state index contributed by atoms with van der Waals surface area (Å²) >= 11 is 12.0. The molecular weight excluding hydrogens is 589 g/mol. The van der Waals surface area contributed by atoms with Gasteiger partial charge in [0.1, 0.15) is 0 Å². The molecule has 0 unspecified atom stereocenters. The van der Waals surface area contributed by atoms with Crippen LogP contribution in [0.4, 0.5) is 14.5 Å². The molecule has 0 saturated heterocycles. The van der Waals surface area contributed by atoms with Gasteiger partial charge in [0.2, 0.25) is 0 Å². The molecule has 7 nitrogen and oxygen atoms in total. The lowest BCUT2D eigenvalue weighted by Crippen LogP contribution is -2.14. The normalized spacial score (nSPS) is 12.4. The lowest BCUT2D eigenvalue weighted by atomic mass is 10.1. The molecule has 1 aromatic heterocycles. The fraction of sp³-hybridized carbons (Fsp3) is 0.581. The van der Waals surface area contributed by atoms with Gasteiger partial charge in [0.25, 0.3) is 5.91 Å². The van der Waals surface area contributed by atoms with Gasteiger partial charge in [-0.25, -0.2) is 0 Å². The molecule has 2 aromatic rings. The number of hydrogen-bond acceptors (Lipinski definition) is 5. The van der Waals surface area contributed by atoms with Gasteiger partial charge in [-0.2, -0.15) is 8.78 Å². The van der Waals surface area contributed by atoms with E-state index in [1.165, 1.54) is 88.4 Å². The first-order valence-corrected chi connectivity index (χ1v) is 15.5. The summed E-state index contributed by atoms with van der Waals surface area (Å²) < 4.78 is 35.1. The molecular formula is C31H42Cl2F2N2O5. The van der Waals surface area contributed by atoms with Gasteiger partial charge in [0.15, 0.2) is 11.5 Å². The van der Waals surface area contributed by atoms with E-state index in [9.17, 15) is 18.4 Å². The van der Waals surface area contributed by atoms with Gasteiger partial charge in [-0.1, -0.05) is 94.3 Å². The van der Waals surface area contributed by atoms with Crippen molar-refractivity contribution >= 4 is 40.8 Å². The average Bonchev–Trinajstić information content (AvgIpc) is 3.78. The third kappa shape index (κ3) is 15.0. The number of amides is 1. The first-order valence-electron chi connectivity index (χ1n) is 14.7. The monoisotopic (exact) mass is 630 g/mol. The zero-order valence-corrected chi connectivity index (χ0v) is 25.7. The second-order valence-corrected chi connectivity index (χ2v) is 11.2. The third-order valence-electron chi connectivity index (χ3n) is 6.68. The fourth-order valence-electron chi connectivity index (χ4n) is 4.10. The molecule has 0 radical (unpaired) electrons. The van der Waals surface area contributed by atoms with Crippen molar-refractivity contribution in [1.82, 2.24) is 4.98 Å². The molecule has 2 N–H and O–H groups in total. The predicted octanol–water partition coefficient (Wildman–Crippen LogP) is 9.80. The number of pyridine rings is 1. The maximum absolute atomic E-state index is 12.6. The standard InChI is InChI=1S/C17H14Cl2F2N2O3.C14H28O2/c18-11-6-22-7-12(19)15(11)23-16(24)10-3-4-13(26-17(20)21)14(5-10)25-8-9-1-2-9;1-2-3-4-5-6-7-8-9-10-11-12-13-14(15)16/h3-7,9,17H,1-2,8H2,(H,22,23,24);2-13H2,1H3,(H,15,16). The Morgan fingerprint density at radius 1 is 0.952 bits per heavy atom. The molecule has 1 saturated carbocycles. The molecule has 1 aliphatic rings. The van der Waals surface area contributed by atoms with Gasteiger partial charge in [-0.3, -0.25) is 14.6 Å². The van der Waals surface area contributed by atoms with Crippen LogP contribution in [0.5, 0.6) is 11.5 Å². The molecule has 1 fully saturated rings. The number of alkyl halides is 2. The maximum atomic E-state index is 12.6. The number of rotatable bonds is 19. The highest BCUT2D eigenvalue weighted by atomic mass is 35.5. The van der Waals surface area contributed by atoms with Crippen LogP contribution >= 0.6 is 23.2 Å². The highest BCUT2D eigenvalue weighted by molar-refractivity contribution is 6.39. The van der Waals surface area contributed by atoms with E-state index in [-0.39, 0.29) is 32.8 Å². The summed E-state index contributed by atoms with van der Waals surface area (Å²) in [7, 11) is 0. The number of aliphatic carboxylic acids is 1. The molecule has 0 aliphatic heterocycles. The van der Waals surface area contributed by atoms with Gasteiger partial charge in [-0.15, -0.1) is 0 Å². The van der Waals surface area contributed by atoms with Gasteiger partial charge in [0, 0.05) is 24.4 Å². The smallest absolute Gasteiger partial charge is 0.387 e. The van der Waals surface area contributed by atoms with Crippen molar-refractivity contribution in [3.8, 4) is 11.5 Å². The minimum Gasteiger partial charge on any atom is -0.489 e. The van der Waals surface area contributed by atoms with Crippen molar-refractivity contribution in [2.75, 3.05) is 11.9 Å². The largest absolute Gasteiger partial charge is 0.489 e. The Bertz CT molecular complexity index is 1080. The predicted molar refractivity (Wildman–Crippen MR) is 162 cm³/mol. The number of nitrogens with zero attached hydrogens (tertiary/aromatic N) is 1. The Morgan fingerprint density at radius 3 is 2.05 bits per heavy atom. The zero-order valence-electron chi connectivity index (χ0n) is 24.2. The van der Waals surface area contributed by atoms with Crippen molar-refractivity contribution in [1.29, 1.82) is 0 Å². The SMILES string of the molecule is CCCCCCCCCCCCCC(=O)O.O=C(Nc1c(Cl)cncc1Cl)c1ccc(OC(F)F)c(OCC2CC2)c1. The number of anilines is 1. The summed E-state index contributed by atoms with van der Waals surface area (Å²) in [5.74, 6) is -0.828. The number of hydrogen-bond donors (Lipinski definition) is 2. The van der Waals surface area contributed by atoms with E-state index in [1.54, 1.807) is 0 Å². The quantitative estimate of drug-likeness (QED) is 0.150. The molecule has 42 heavy (non-hydrogen) atoms. The van der Waals surface area contributed by atoms with Crippen molar-refractivity contribution in [3.63, 3.8) is 0 Å². The molecule has 11 heteroatoms. The third-order valence-corrected chi connectivity index (χ3v) is 7.25. The number of carboxylic acids is 1. The zero-order chi connectivity index (χ0) is 30.7. The number of halogens is 4. The second-order valence-electron chi connectivity index (χ2n) is 10.4. The molecule has 1 heterocycles. The lowest BCUT2D eigenvalue weighted by Gasteiger charge is -2.14. The van der Waals surface area contributed by atoms with Crippen molar-refractivity contribution in [2.45, 2.75) is 103 Å². The first-order chi connectivity index (χ1) is 20.2. The van der Waals surface area contributed by atoms with Crippen LogP contribution in [0.3, 0.4) is 0 Å². The Balaban J connectivity index is 0.000000334. The molecule has 234 valence electrons. The second kappa shape index (κ2) is 20.3. The Hall–Kier alpha value is -2.65. The molecule has 1 amide bonds. The summed E-state index contributed by atoms with van der Waals surface area (Å²) in [5, 5.41) is 11.4. The number of carbonyl (C=O) groups is 2. The number of carbonyl (C=O) groups excluding carboxylic acids is 1. The Kier molecular flexibility index (Phi) is 17.2. The van der Waals surface area contributed by atoms with E-state index in [1.807, 2.05) is 0 Å². The van der Waals surface area contributed by atoms with Crippen LogP contribution in [0.15, 0.2) is 30.6 Å². The Morgan fingerprint density at radius 2 is 1.52 bits per heavy atom. The van der Waals surface area contributed by atoms with Crippen LogP contribution in [-0.2, 0) is 4.79 Å². The first kappa shape index (κ1) is 35.5. The van der Waals surface area contributed by atoms with Crippen LogP contribution in [-0.4, -0.2) is 35.2 Å². The van der Waals surface area contributed by atoms with E-state index in [2.05, 4.69) is 22.0 Å². The number of nitrogens with one attached hydrogen (secondary N) is 1. The highest BCUT2D eigenvalue weighted by Crippen LogP contribution is 2.35. The van der Waals surface area contributed by atoms with Crippen LogP contribution in [0.2, 0.25) is 10.0 Å². The van der Waals surface area contributed by atoms with E-state index >= 15 is 0 Å². The summed E-state index contributed by atoms with van der Waals surface area (Å²) in [6.07, 6.45) is 19.1.